The molecular formula is C33H33Br2N. The second kappa shape index (κ2) is 8.89. The molecule has 1 aliphatic carbocycles. The summed E-state index contributed by atoms with van der Waals surface area (Å²) in [7, 11) is 0. The van der Waals surface area contributed by atoms with E-state index in [2.05, 4.69) is 169 Å². The number of hydrogen-bond acceptors (Lipinski definition) is 1. The minimum Gasteiger partial charge on any atom is -0.310 e. The van der Waals surface area contributed by atoms with Gasteiger partial charge in [0.25, 0.3) is 0 Å². The van der Waals surface area contributed by atoms with Crippen LogP contribution in [-0.4, -0.2) is 0 Å². The summed E-state index contributed by atoms with van der Waals surface area (Å²) in [6, 6.07) is 33.0. The minimum atomic E-state index is 0.0837. The van der Waals surface area contributed by atoms with E-state index >= 15 is 0 Å². The van der Waals surface area contributed by atoms with Crippen LogP contribution in [0.2, 0.25) is 0 Å². The lowest BCUT2D eigenvalue weighted by Gasteiger charge is -2.44. The van der Waals surface area contributed by atoms with Crippen LogP contribution in [0.1, 0.15) is 52.7 Å². The van der Waals surface area contributed by atoms with Crippen molar-refractivity contribution < 1.29 is 0 Å². The number of rotatable bonds is 4. The first-order chi connectivity index (χ1) is 16.9. The van der Waals surface area contributed by atoms with Crippen LogP contribution in [0.15, 0.2) is 99.9 Å². The van der Waals surface area contributed by atoms with E-state index in [1.54, 1.807) is 0 Å². The molecule has 184 valence electrons. The molecule has 0 N–H and O–H groups in total. The summed E-state index contributed by atoms with van der Waals surface area (Å²) in [6.07, 6.45) is 0. The number of anilines is 3. The van der Waals surface area contributed by atoms with Crippen LogP contribution < -0.4 is 4.90 Å². The first-order valence-electron chi connectivity index (χ1n) is 12.5. The Morgan fingerprint density at radius 1 is 0.500 bits per heavy atom. The van der Waals surface area contributed by atoms with Gasteiger partial charge in [0.1, 0.15) is 0 Å². The van der Waals surface area contributed by atoms with E-state index in [-0.39, 0.29) is 16.2 Å². The standard InChI is InChI=1S/C33H33Br2N/c1-31(2)29-19-10-23(21-30(29)32(3,4)33(31,5)6)22-8-7-9-28(20-22)36(26-15-11-24(34)12-16-26)27-17-13-25(35)14-18-27/h7-21H,1-6H3. The van der Waals surface area contributed by atoms with E-state index in [1.165, 1.54) is 22.3 Å². The summed E-state index contributed by atoms with van der Waals surface area (Å²) in [5.41, 5.74) is 9.18. The van der Waals surface area contributed by atoms with Gasteiger partial charge in [-0.2, -0.15) is 0 Å². The molecule has 4 aromatic carbocycles. The number of hydrogen-bond donors (Lipinski definition) is 0. The van der Waals surface area contributed by atoms with Crippen molar-refractivity contribution in [1.82, 2.24) is 0 Å². The van der Waals surface area contributed by atoms with Gasteiger partial charge in [0.05, 0.1) is 0 Å². The zero-order valence-corrected chi connectivity index (χ0v) is 25.0. The van der Waals surface area contributed by atoms with Crippen LogP contribution in [-0.2, 0) is 10.8 Å². The van der Waals surface area contributed by atoms with Crippen molar-refractivity contribution in [3.8, 4) is 11.1 Å². The molecule has 5 rings (SSSR count). The van der Waals surface area contributed by atoms with Gasteiger partial charge < -0.3 is 4.90 Å². The van der Waals surface area contributed by atoms with Crippen molar-refractivity contribution in [1.29, 1.82) is 0 Å². The predicted octanol–water partition coefficient (Wildman–Crippen LogP) is 10.9. The Balaban J connectivity index is 1.62. The summed E-state index contributed by atoms with van der Waals surface area (Å²) in [6.45, 7) is 14.4. The van der Waals surface area contributed by atoms with Crippen molar-refractivity contribution in [2.75, 3.05) is 4.90 Å². The molecule has 36 heavy (non-hydrogen) atoms. The van der Waals surface area contributed by atoms with E-state index in [1.807, 2.05) is 0 Å². The lowest BCUT2D eigenvalue weighted by Crippen LogP contribution is -2.42. The molecule has 0 atom stereocenters. The SMILES string of the molecule is CC1(C)c2ccc(-c3cccc(N(c4ccc(Br)cc4)c4ccc(Br)cc4)c3)cc2C(C)(C)C1(C)C. The first kappa shape index (κ1) is 25.3. The smallest absolute Gasteiger partial charge is 0.0467 e. The highest BCUT2D eigenvalue weighted by atomic mass is 79.9. The molecule has 0 unspecified atom stereocenters. The normalized spacial score (nSPS) is 17.0. The van der Waals surface area contributed by atoms with Crippen LogP contribution in [0.4, 0.5) is 17.1 Å². The minimum absolute atomic E-state index is 0.0837. The van der Waals surface area contributed by atoms with E-state index in [0.29, 0.717) is 0 Å². The molecule has 0 spiro atoms. The fourth-order valence-corrected chi connectivity index (χ4v) is 6.22. The Labute approximate surface area is 232 Å². The number of halogens is 2. The molecule has 1 nitrogen and oxygen atoms in total. The van der Waals surface area contributed by atoms with Crippen LogP contribution in [0, 0.1) is 5.41 Å². The van der Waals surface area contributed by atoms with Crippen molar-refractivity contribution in [2.45, 2.75) is 52.4 Å². The fraction of sp³-hybridized carbons (Fsp3) is 0.273. The summed E-state index contributed by atoms with van der Waals surface area (Å²) in [4.78, 5) is 2.31. The second-order valence-electron chi connectivity index (χ2n) is 11.5. The van der Waals surface area contributed by atoms with Crippen LogP contribution in [0.3, 0.4) is 0 Å². The van der Waals surface area contributed by atoms with Crippen molar-refractivity contribution in [3.63, 3.8) is 0 Å². The zero-order chi connectivity index (χ0) is 25.9. The first-order valence-corrected chi connectivity index (χ1v) is 14.1. The lowest BCUT2D eigenvalue weighted by atomic mass is 9.59. The molecule has 0 aliphatic heterocycles. The number of benzene rings is 4. The van der Waals surface area contributed by atoms with E-state index in [9.17, 15) is 0 Å². The molecule has 0 radical (unpaired) electrons. The maximum absolute atomic E-state index is 3.58. The van der Waals surface area contributed by atoms with Crippen LogP contribution in [0.5, 0.6) is 0 Å². The summed E-state index contributed by atoms with van der Waals surface area (Å²) in [5, 5.41) is 0. The number of fused-ring (bicyclic) bond motifs is 1. The van der Waals surface area contributed by atoms with Gasteiger partial charge >= 0.3 is 0 Å². The van der Waals surface area contributed by atoms with Gasteiger partial charge in [-0.1, -0.05) is 104 Å². The fourth-order valence-electron chi connectivity index (χ4n) is 5.69. The van der Waals surface area contributed by atoms with Gasteiger partial charge in [0, 0.05) is 26.0 Å². The molecule has 0 saturated carbocycles. The third-order valence-electron chi connectivity index (χ3n) is 9.10. The third-order valence-corrected chi connectivity index (χ3v) is 10.2. The van der Waals surface area contributed by atoms with Gasteiger partial charge in [-0.05, 0) is 99.2 Å². The molecule has 0 heterocycles. The Hall–Kier alpha value is -2.36. The van der Waals surface area contributed by atoms with Crippen LogP contribution >= 0.6 is 31.9 Å². The molecular weight excluding hydrogens is 570 g/mol. The molecule has 0 fully saturated rings. The summed E-state index contributed by atoms with van der Waals surface area (Å²) < 4.78 is 2.14. The molecule has 0 amide bonds. The Morgan fingerprint density at radius 3 is 1.56 bits per heavy atom. The Morgan fingerprint density at radius 2 is 1.00 bits per heavy atom. The average Bonchev–Trinajstić information content (AvgIpc) is 2.96. The van der Waals surface area contributed by atoms with Gasteiger partial charge in [-0.15, -0.1) is 0 Å². The Bertz CT molecular complexity index is 1370. The van der Waals surface area contributed by atoms with E-state index < -0.39 is 0 Å². The highest BCUT2D eigenvalue weighted by Crippen LogP contribution is 2.61. The van der Waals surface area contributed by atoms with E-state index in [4.69, 9.17) is 0 Å². The van der Waals surface area contributed by atoms with Crippen molar-refractivity contribution >= 4 is 48.9 Å². The number of nitrogens with zero attached hydrogens (tertiary/aromatic N) is 1. The van der Waals surface area contributed by atoms with Gasteiger partial charge in [-0.25, -0.2) is 0 Å². The molecule has 1 aliphatic rings. The summed E-state index contributed by atoms with van der Waals surface area (Å²) >= 11 is 7.17. The van der Waals surface area contributed by atoms with Crippen molar-refractivity contribution in [3.05, 3.63) is 111 Å². The molecule has 0 bridgehead atoms. The molecule has 0 aromatic heterocycles. The second-order valence-corrected chi connectivity index (χ2v) is 13.3. The van der Waals surface area contributed by atoms with Crippen molar-refractivity contribution in [2.24, 2.45) is 5.41 Å². The maximum atomic E-state index is 3.58. The quantitative estimate of drug-likeness (QED) is 0.224. The monoisotopic (exact) mass is 601 g/mol. The highest BCUT2D eigenvalue weighted by molar-refractivity contribution is 9.10. The topological polar surface area (TPSA) is 3.24 Å². The molecule has 3 heteroatoms. The summed E-state index contributed by atoms with van der Waals surface area (Å²) in [5.74, 6) is 0. The molecule has 4 aromatic rings. The highest BCUT2D eigenvalue weighted by Gasteiger charge is 2.56. The largest absolute Gasteiger partial charge is 0.310 e. The predicted molar refractivity (Wildman–Crippen MR) is 162 cm³/mol. The zero-order valence-electron chi connectivity index (χ0n) is 21.9. The third kappa shape index (κ3) is 3.96. The van der Waals surface area contributed by atoms with Gasteiger partial charge in [0.15, 0.2) is 0 Å². The maximum Gasteiger partial charge on any atom is 0.0467 e. The van der Waals surface area contributed by atoms with Crippen LogP contribution in [0.25, 0.3) is 11.1 Å². The molecule has 0 saturated heterocycles. The lowest BCUT2D eigenvalue weighted by molar-refractivity contribution is 0.125. The van der Waals surface area contributed by atoms with E-state index in [0.717, 1.165) is 26.0 Å². The Kier molecular flexibility index (Phi) is 6.24. The van der Waals surface area contributed by atoms with Gasteiger partial charge in [-0.3, -0.25) is 0 Å². The average molecular weight is 603 g/mol. The van der Waals surface area contributed by atoms with Gasteiger partial charge in [0.2, 0.25) is 0 Å².